The lowest BCUT2D eigenvalue weighted by Crippen LogP contribution is -2.35. The summed E-state index contributed by atoms with van der Waals surface area (Å²) in [7, 11) is 2.00. The second-order valence-corrected chi connectivity index (χ2v) is 6.54. The number of aryl methyl sites for hydroxylation is 1. The van der Waals surface area contributed by atoms with E-state index < -0.39 is 0 Å². The quantitative estimate of drug-likeness (QED) is 0.898. The van der Waals surface area contributed by atoms with Crippen molar-refractivity contribution >= 4 is 5.91 Å². The Balaban J connectivity index is 1.46. The summed E-state index contributed by atoms with van der Waals surface area (Å²) in [5.41, 5.74) is 0. The summed E-state index contributed by atoms with van der Waals surface area (Å²) in [6.45, 7) is 2.57. The van der Waals surface area contributed by atoms with Crippen molar-refractivity contribution in [1.29, 1.82) is 0 Å². The van der Waals surface area contributed by atoms with E-state index in [1.165, 1.54) is 32.1 Å². The van der Waals surface area contributed by atoms with Crippen LogP contribution in [0.25, 0.3) is 0 Å². The van der Waals surface area contributed by atoms with Crippen LogP contribution in [0.1, 0.15) is 44.3 Å². The van der Waals surface area contributed by atoms with E-state index >= 15 is 0 Å². The standard InChI is InChI=1S/C16H26N4O/c1-19-8-7-17-15(19)10-18-14-9-16(21)20(12-14)11-13-5-3-2-4-6-13/h7-8,13-14,18H,2-6,9-12H2,1H3. The summed E-state index contributed by atoms with van der Waals surface area (Å²) in [5, 5.41) is 3.48. The van der Waals surface area contributed by atoms with Gasteiger partial charge < -0.3 is 14.8 Å². The molecule has 21 heavy (non-hydrogen) atoms. The molecule has 1 aromatic rings. The second-order valence-electron chi connectivity index (χ2n) is 6.54. The average molecular weight is 290 g/mol. The zero-order chi connectivity index (χ0) is 14.7. The summed E-state index contributed by atoms with van der Waals surface area (Å²) < 4.78 is 2.02. The zero-order valence-electron chi connectivity index (χ0n) is 12.9. The van der Waals surface area contributed by atoms with Gasteiger partial charge in [0.15, 0.2) is 0 Å². The number of nitrogens with one attached hydrogen (secondary N) is 1. The second kappa shape index (κ2) is 6.60. The predicted molar refractivity (Wildman–Crippen MR) is 81.6 cm³/mol. The Hall–Kier alpha value is -1.36. The highest BCUT2D eigenvalue weighted by Crippen LogP contribution is 2.26. The van der Waals surface area contributed by atoms with Crippen molar-refractivity contribution in [3.63, 3.8) is 0 Å². The Morgan fingerprint density at radius 2 is 2.14 bits per heavy atom. The molecule has 1 amide bonds. The van der Waals surface area contributed by atoms with E-state index in [9.17, 15) is 4.79 Å². The number of imidazole rings is 1. The molecule has 1 aliphatic carbocycles. The third kappa shape index (κ3) is 3.64. The fraction of sp³-hybridized carbons (Fsp3) is 0.750. The minimum absolute atomic E-state index is 0.276. The van der Waals surface area contributed by atoms with Crippen LogP contribution in [0.2, 0.25) is 0 Å². The van der Waals surface area contributed by atoms with Crippen LogP contribution < -0.4 is 5.32 Å². The molecule has 1 aromatic heterocycles. The third-order valence-corrected chi connectivity index (χ3v) is 4.89. The smallest absolute Gasteiger partial charge is 0.224 e. The Morgan fingerprint density at radius 3 is 2.86 bits per heavy atom. The van der Waals surface area contributed by atoms with Crippen molar-refractivity contribution in [1.82, 2.24) is 19.8 Å². The van der Waals surface area contributed by atoms with Crippen LogP contribution in [-0.4, -0.2) is 39.5 Å². The maximum absolute atomic E-state index is 12.2. The Morgan fingerprint density at radius 1 is 1.33 bits per heavy atom. The lowest BCUT2D eigenvalue weighted by atomic mass is 9.89. The molecule has 116 valence electrons. The highest BCUT2D eigenvalue weighted by Gasteiger charge is 2.31. The SMILES string of the molecule is Cn1ccnc1CNC1CC(=O)N(CC2CCCCC2)C1. The molecule has 1 saturated heterocycles. The van der Waals surface area contributed by atoms with Crippen molar-refractivity contribution in [2.24, 2.45) is 13.0 Å². The summed E-state index contributed by atoms with van der Waals surface area (Å²) in [4.78, 5) is 18.5. The van der Waals surface area contributed by atoms with Crippen molar-refractivity contribution in [3.8, 4) is 0 Å². The first-order valence-corrected chi connectivity index (χ1v) is 8.19. The molecule has 2 aliphatic rings. The van der Waals surface area contributed by atoms with Gasteiger partial charge in [-0.05, 0) is 18.8 Å². The number of nitrogens with zero attached hydrogens (tertiary/aromatic N) is 3. The van der Waals surface area contributed by atoms with Gasteiger partial charge in [0.25, 0.3) is 0 Å². The zero-order valence-corrected chi connectivity index (χ0v) is 12.9. The van der Waals surface area contributed by atoms with Crippen LogP contribution in [0.15, 0.2) is 12.4 Å². The van der Waals surface area contributed by atoms with E-state index in [2.05, 4.69) is 15.2 Å². The van der Waals surface area contributed by atoms with Gasteiger partial charge in [0.05, 0.1) is 6.54 Å². The van der Waals surface area contributed by atoms with E-state index in [1.807, 2.05) is 24.0 Å². The van der Waals surface area contributed by atoms with E-state index in [-0.39, 0.29) is 6.04 Å². The number of hydrogen-bond acceptors (Lipinski definition) is 3. The molecule has 1 saturated carbocycles. The topological polar surface area (TPSA) is 50.2 Å². The van der Waals surface area contributed by atoms with Gasteiger partial charge in [-0.1, -0.05) is 19.3 Å². The number of hydrogen-bond donors (Lipinski definition) is 1. The molecule has 3 rings (SSSR count). The number of aromatic nitrogens is 2. The van der Waals surface area contributed by atoms with Gasteiger partial charge in [-0.25, -0.2) is 4.98 Å². The minimum Gasteiger partial charge on any atom is -0.341 e. The van der Waals surface area contributed by atoms with Gasteiger partial charge in [0.2, 0.25) is 5.91 Å². The predicted octanol–water partition coefficient (Wildman–Crippen LogP) is 1.69. The lowest BCUT2D eigenvalue weighted by Gasteiger charge is -2.27. The molecule has 0 aromatic carbocycles. The van der Waals surface area contributed by atoms with Crippen molar-refractivity contribution in [2.45, 2.75) is 51.1 Å². The third-order valence-electron chi connectivity index (χ3n) is 4.89. The fourth-order valence-electron chi connectivity index (χ4n) is 3.57. The van der Waals surface area contributed by atoms with Crippen molar-refractivity contribution in [3.05, 3.63) is 18.2 Å². The molecule has 5 nitrogen and oxygen atoms in total. The monoisotopic (exact) mass is 290 g/mol. The van der Waals surface area contributed by atoms with Crippen LogP contribution >= 0.6 is 0 Å². The number of rotatable bonds is 5. The van der Waals surface area contributed by atoms with Gasteiger partial charge >= 0.3 is 0 Å². The van der Waals surface area contributed by atoms with Gasteiger partial charge in [0.1, 0.15) is 5.82 Å². The Kier molecular flexibility index (Phi) is 4.58. The molecule has 1 unspecified atom stereocenters. The molecule has 2 heterocycles. The van der Waals surface area contributed by atoms with E-state index in [0.717, 1.165) is 31.4 Å². The Labute approximate surface area is 126 Å². The highest BCUT2D eigenvalue weighted by molar-refractivity contribution is 5.79. The Bertz CT molecular complexity index is 478. The van der Waals surface area contributed by atoms with Crippen LogP contribution in [0, 0.1) is 5.92 Å². The van der Waals surface area contributed by atoms with Crippen LogP contribution in [0.4, 0.5) is 0 Å². The number of likely N-dealkylation sites (tertiary alicyclic amines) is 1. The fourth-order valence-corrected chi connectivity index (χ4v) is 3.57. The molecule has 0 bridgehead atoms. The molecule has 0 radical (unpaired) electrons. The average Bonchev–Trinajstić information content (AvgIpc) is 3.04. The summed E-state index contributed by atoms with van der Waals surface area (Å²) in [6, 6.07) is 0.276. The highest BCUT2D eigenvalue weighted by atomic mass is 16.2. The summed E-state index contributed by atoms with van der Waals surface area (Å²) >= 11 is 0. The number of carbonyl (C=O) groups is 1. The van der Waals surface area contributed by atoms with Crippen LogP contribution in [-0.2, 0) is 18.4 Å². The molecule has 1 N–H and O–H groups in total. The van der Waals surface area contributed by atoms with E-state index in [4.69, 9.17) is 0 Å². The van der Waals surface area contributed by atoms with Gasteiger partial charge in [-0.3, -0.25) is 4.79 Å². The number of carbonyl (C=O) groups excluding carboxylic acids is 1. The minimum atomic E-state index is 0.276. The molecular weight excluding hydrogens is 264 g/mol. The molecule has 1 atom stereocenters. The van der Waals surface area contributed by atoms with Crippen molar-refractivity contribution in [2.75, 3.05) is 13.1 Å². The van der Waals surface area contributed by atoms with Gasteiger partial charge in [-0.15, -0.1) is 0 Å². The van der Waals surface area contributed by atoms with Gasteiger partial charge in [-0.2, -0.15) is 0 Å². The first-order valence-electron chi connectivity index (χ1n) is 8.19. The molecular formula is C16H26N4O. The van der Waals surface area contributed by atoms with Crippen LogP contribution in [0.5, 0.6) is 0 Å². The maximum atomic E-state index is 12.2. The molecule has 2 fully saturated rings. The van der Waals surface area contributed by atoms with E-state index in [0.29, 0.717) is 12.3 Å². The maximum Gasteiger partial charge on any atom is 0.224 e. The summed E-state index contributed by atoms with van der Waals surface area (Å²) in [6.07, 6.45) is 11.1. The first kappa shape index (κ1) is 14.6. The largest absolute Gasteiger partial charge is 0.341 e. The van der Waals surface area contributed by atoms with Crippen LogP contribution in [0.3, 0.4) is 0 Å². The lowest BCUT2D eigenvalue weighted by molar-refractivity contribution is -0.128. The molecule has 5 heteroatoms. The summed E-state index contributed by atoms with van der Waals surface area (Å²) in [5.74, 6) is 2.07. The van der Waals surface area contributed by atoms with Gasteiger partial charge in [0, 0.05) is 45.0 Å². The number of amides is 1. The first-order chi connectivity index (χ1) is 10.2. The normalized spacial score (nSPS) is 24.0. The molecule has 0 spiro atoms. The molecule has 1 aliphatic heterocycles. The van der Waals surface area contributed by atoms with Crippen molar-refractivity contribution < 1.29 is 4.79 Å². The van der Waals surface area contributed by atoms with E-state index in [1.54, 1.807) is 0 Å².